The van der Waals surface area contributed by atoms with Crippen LogP contribution in [0.25, 0.3) is 11.2 Å². The summed E-state index contributed by atoms with van der Waals surface area (Å²) in [5.41, 5.74) is 6.86. The molecule has 3 N–H and O–H groups in total. The van der Waals surface area contributed by atoms with Crippen LogP contribution in [0.5, 0.6) is 0 Å². The first-order valence-corrected chi connectivity index (χ1v) is 14.5. The van der Waals surface area contributed by atoms with E-state index in [9.17, 15) is 14.2 Å². The summed E-state index contributed by atoms with van der Waals surface area (Å²) >= 11 is 0. The lowest BCUT2D eigenvalue weighted by molar-refractivity contribution is -0.152. The van der Waals surface area contributed by atoms with Crippen molar-refractivity contribution >= 4 is 36.4 Å². The fraction of sp³-hybridized carbons (Fsp3) is 0.696. The Hall–Kier alpha value is -2.60. The number of fused-ring (bicyclic) bond motifs is 1. The maximum Gasteiger partial charge on any atom is 0.324 e. The van der Waals surface area contributed by atoms with Crippen molar-refractivity contribution in [1.82, 2.24) is 24.6 Å². The lowest BCUT2D eigenvalue weighted by Crippen LogP contribution is -2.42. The summed E-state index contributed by atoms with van der Waals surface area (Å²) in [6.07, 6.45) is 7.12. The van der Waals surface area contributed by atoms with E-state index in [1.807, 2.05) is 13.8 Å². The van der Waals surface area contributed by atoms with Crippen LogP contribution in [0.3, 0.4) is 0 Å². The molecular formula is C23H37N6O7P. The average molecular weight is 541 g/mol. The Bertz CT molecular complexity index is 1070. The molecule has 1 aliphatic heterocycles. The molecule has 1 saturated heterocycles. The molecule has 0 aliphatic carbocycles. The minimum atomic E-state index is -3.60. The number of nitrogens with two attached hydrogens (primary N) is 1. The second-order valence-electron chi connectivity index (χ2n) is 8.90. The van der Waals surface area contributed by atoms with Gasteiger partial charge >= 0.3 is 11.9 Å². The third-order valence-corrected chi connectivity index (χ3v) is 7.55. The van der Waals surface area contributed by atoms with Gasteiger partial charge in [0.05, 0.1) is 39.1 Å². The van der Waals surface area contributed by atoms with Crippen LogP contribution in [0, 0.1) is 0 Å². The Morgan fingerprint density at radius 1 is 1.16 bits per heavy atom. The van der Waals surface area contributed by atoms with Crippen LogP contribution < -0.4 is 10.8 Å². The molecule has 1 aliphatic rings. The lowest BCUT2D eigenvalue weighted by Gasteiger charge is -2.31. The molecule has 13 nitrogen and oxygen atoms in total. The predicted octanol–water partition coefficient (Wildman–Crippen LogP) is 2.79. The van der Waals surface area contributed by atoms with Crippen molar-refractivity contribution < 1.29 is 32.9 Å². The molecule has 2 aromatic heterocycles. The van der Waals surface area contributed by atoms with Gasteiger partial charge < -0.3 is 29.0 Å². The number of unbranched alkanes of at least 4 members (excludes halogenated alkanes) is 4. The monoisotopic (exact) mass is 540 g/mol. The highest BCUT2D eigenvalue weighted by Crippen LogP contribution is 2.46. The molecule has 3 atom stereocenters. The predicted molar refractivity (Wildman–Crippen MR) is 136 cm³/mol. The van der Waals surface area contributed by atoms with Crippen LogP contribution in [0.2, 0.25) is 0 Å². The molecule has 0 bridgehead atoms. The van der Waals surface area contributed by atoms with E-state index in [1.165, 1.54) is 6.33 Å². The van der Waals surface area contributed by atoms with Crippen LogP contribution in [0.1, 0.15) is 58.8 Å². The molecule has 0 amide bonds. The van der Waals surface area contributed by atoms with Crippen molar-refractivity contribution in [3.63, 3.8) is 0 Å². The molecule has 0 radical (unpaired) electrons. The number of aromatic nitrogens is 4. The summed E-state index contributed by atoms with van der Waals surface area (Å²) in [6.45, 7) is 4.89. The van der Waals surface area contributed by atoms with Gasteiger partial charge in [0.15, 0.2) is 11.5 Å². The van der Waals surface area contributed by atoms with E-state index in [0.29, 0.717) is 24.1 Å². The summed E-state index contributed by atoms with van der Waals surface area (Å²) in [7, 11) is -3.60. The second-order valence-corrected chi connectivity index (χ2v) is 11.0. The number of ether oxygens (including phenoxy) is 3. The molecular weight excluding hydrogens is 503 g/mol. The average Bonchev–Trinajstić information content (AvgIpc) is 3.29. The number of anilines is 1. The molecule has 37 heavy (non-hydrogen) atoms. The number of rotatable bonds is 15. The van der Waals surface area contributed by atoms with Crippen molar-refractivity contribution in [2.75, 3.05) is 31.9 Å². The van der Waals surface area contributed by atoms with Crippen LogP contribution >= 0.6 is 7.52 Å². The maximum absolute atomic E-state index is 13.3. The molecule has 1 unspecified atom stereocenters. The molecule has 14 heteroatoms. The highest BCUT2D eigenvalue weighted by molar-refractivity contribution is 7.56. The third kappa shape index (κ3) is 8.74. The fourth-order valence-electron chi connectivity index (χ4n) is 3.73. The highest BCUT2D eigenvalue weighted by atomic mass is 31.2. The zero-order chi connectivity index (χ0) is 26.7. The van der Waals surface area contributed by atoms with Gasteiger partial charge in [0.25, 0.3) is 7.52 Å². The number of hydrogen-bond donors (Lipinski definition) is 2. The van der Waals surface area contributed by atoms with Crippen molar-refractivity contribution in [3.05, 3.63) is 12.7 Å². The van der Waals surface area contributed by atoms with Crippen LogP contribution in [-0.4, -0.2) is 69.8 Å². The number of esters is 2. The summed E-state index contributed by atoms with van der Waals surface area (Å²) < 4.78 is 37.1. The van der Waals surface area contributed by atoms with Gasteiger partial charge in [-0.15, -0.1) is 0 Å². The first-order valence-electron chi connectivity index (χ1n) is 12.7. The lowest BCUT2D eigenvalue weighted by atomic mass is 10.2. The standard InChI is InChI=1S/C23H37N6O7P/c1-3-5-7-9-33-19(30)11-18(23(31)34-10-8-6-4-2)28-37(32)16-35-17(13-36-37)12-29-15-27-20-21(24)25-14-26-22(20)29/h14-15,17-18H,3-13,16H2,1-2H3,(H,28,32)(H2,24,25,26)/t17-,18-,37?/m0/s1. The van der Waals surface area contributed by atoms with Crippen LogP contribution in [-0.2, 0) is 39.4 Å². The number of carbonyl (C=O) groups excluding carboxylic acids is 2. The minimum absolute atomic E-state index is 0.00967. The minimum Gasteiger partial charge on any atom is -0.466 e. The van der Waals surface area contributed by atoms with Crippen molar-refractivity contribution in [3.8, 4) is 0 Å². The molecule has 2 aromatic rings. The summed E-state index contributed by atoms with van der Waals surface area (Å²) in [4.78, 5) is 37.4. The van der Waals surface area contributed by atoms with E-state index in [2.05, 4.69) is 20.0 Å². The van der Waals surface area contributed by atoms with E-state index >= 15 is 0 Å². The number of hydrogen-bond acceptors (Lipinski definition) is 11. The van der Waals surface area contributed by atoms with Gasteiger partial charge in [-0.3, -0.25) is 14.2 Å². The van der Waals surface area contributed by atoms with Gasteiger partial charge in [-0.05, 0) is 12.8 Å². The largest absolute Gasteiger partial charge is 0.466 e. The molecule has 0 saturated carbocycles. The molecule has 206 valence electrons. The van der Waals surface area contributed by atoms with Crippen molar-refractivity contribution in [2.45, 2.75) is 77.5 Å². The Balaban J connectivity index is 1.57. The van der Waals surface area contributed by atoms with Crippen molar-refractivity contribution in [1.29, 1.82) is 0 Å². The van der Waals surface area contributed by atoms with Gasteiger partial charge in [0.1, 0.15) is 30.3 Å². The number of carbonyl (C=O) groups is 2. The molecule has 0 aromatic carbocycles. The van der Waals surface area contributed by atoms with Gasteiger partial charge in [-0.25, -0.2) is 20.0 Å². The Kier molecular flexibility index (Phi) is 11.2. The van der Waals surface area contributed by atoms with Crippen molar-refractivity contribution in [2.24, 2.45) is 0 Å². The Labute approximate surface area is 216 Å². The summed E-state index contributed by atoms with van der Waals surface area (Å²) in [5.74, 6) is -0.978. The number of nitrogens with one attached hydrogen (secondary N) is 1. The Morgan fingerprint density at radius 2 is 1.89 bits per heavy atom. The van der Waals surface area contributed by atoms with E-state index in [1.54, 1.807) is 10.9 Å². The maximum atomic E-state index is 13.3. The fourth-order valence-corrected chi connectivity index (χ4v) is 5.44. The summed E-state index contributed by atoms with van der Waals surface area (Å²) in [5, 5.41) is 2.70. The second kappa shape index (κ2) is 14.4. The first kappa shape index (κ1) is 29.0. The molecule has 3 rings (SSSR count). The highest BCUT2D eigenvalue weighted by Gasteiger charge is 2.38. The van der Waals surface area contributed by atoms with Gasteiger partial charge in [0, 0.05) is 0 Å². The van der Waals surface area contributed by atoms with E-state index in [4.69, 9.17) is 24.5 Å². The van der Waals surface area contributed by atoms with Crippen LogP contribution in [0.15, 0.2) is 12.7 Å². The topological polar surface area (TPSA) is 170 Å². The van der Waals surface area contributed by atoms with E-state index < -0.39 is 31.6 Å². The van der Waals surface area contributed by atoms with E-state index in [0.717, 1.165) is 32.1 Å². The van der Waals surface area contributed by atoms with Gasteiger partial charge in [-0.1, -0.05) is 39.5 Å². The third-order valence-electron chi connectivity index (χ3n) is 5.79. The smallest absolute Gasteiger partial charge is 0.324 e. The molecule has 3 heterocycles. The number of nitrogens with zero attached hydrogens (tertiary/aromatic N) is 4. The van der Waals surface area contributed by atoms with Gasteiger partial charge in [-0.2, -0.15) is 0 Å². The Morgan fingerprint density at radius 3 is 2.57 bits per heavy atom. The quantitative estimate of drug-likeness (QED) is 0.193. The SMILES string of the molecule is CCCCCOC(=O)C[C@H](NP1(=O)CO[C@@H](Cn2cnc3c(N)ncnc32)CO1)C(=O)OCCCCC. The van der Waals surface area contributed by atoms with E-state index in [-0.39, 0.29) is 38.4 Å². The first-order chi connectivity index (χ1) is 17.8. The number of imidazole rings is 1. The molecule has 1 fully saturated rings. The van der Waals surface area contributed by atoms with Gasteiger partial charge in [0.2, 0.25) is 0 Å². The molecule has 0 spiro atoms. The van der Waals surface area contributed by atoms with Crippen LogP contribution in [0.4, 0.5) is 5.82 Å². The zero-order valence-corrected chi connectivity index (χ0v) is 22.4. The zero-order valence-electron chi connectivity index (χ0n) is 21.5. The summed E-state index contributed by atoms with van der Waals surface area (Å²) in [6, 6.07) is -1.18. The normalized spacial score (nSPS) is 20.5. The number of nitrogen functional groups attached to an aromatic ring is 1.